The Kier molecular flexibility index (Phi) is 11.2. The molecule has 0 unspecified atom stereocenters. The van der Waals surface area contributed by atoms with Crippen LogP contribution in [0.1, 0.15) is 30.0 Å². The second kappa shape index (κ2) is 14.1. The number of hydrogen-bond acceptors (Lipinski definition) is 5. The van der Waals surface area contributed by atoms with Gasteiger partial charge in [0, 0.05) is 44.1 Å². The van der Waals surface area contributed by atoms with Gasteiger partial charge in [0.15, 0.2) is 5.96 Å². The quantitative estimate of drug-likeness (QED) is 0.149. The highest BCUT2D eigenvalue weighted by Gasteiger charge is 2.06. The lowest BCUT2D eigenvalue weighted by Crippen LogP contribution is -2.38. The van der Waals surface area contributed by atoms with E-state index < -0.39 is 0 Å². The van der Waals surface area contributed by atoms with Crippen LogP contribution in [0.15, 0.2) is 76.6 Å². The van der Waals surface area contributed by atoms with Crippen LogP contribution in [-0.4, -0.2) is 42.6 Å². The first-order valence-corrected chi connectivity index (χ1v) is 10.6. The van der Waals surface area contributed by atoms with Gasteiger partial charge in [-0.15, -0.1) is 24.0 Å². The number of hydrogen-bond donors (Lipinski definition) is 3. The molecule has 0 saturated carbocycles. The Morgan fingerprint density at radius 3 is 2.55 bits per heavy atom. The van der Waals surface area contributed by atoms with Gasteiger partial charge in [0.25, 0.3) is 5.91 Å². The summed E-state index contributed by atoms with van der Waals surface area (Å²) in [5.74, 6) is 2.15. The first kappa shape index (κ1) is 26.2. The highest BCUT2D eigenvalue weighted by molar-refractivity contribution is 14.0. The molecule has 0 aliphatic heterocycles. The molecule has 3 aromatic rings. The first-order chi connectivity index (χ1) is 15.6. The second-order valence-corrected chi connectivity index (χ2v) is 7.30. The normalized spacial score (nSPS) is 10.9. The Hall–Kier alpha value is -3.08. The maximum atomic E-state index is 12.1. The van der Waals surface area contributed by atoms with Crippen LogP contribution in [-0.2, 0) is 6.42 Å². The van der Waals surface area contributed by atoms with Crippen LogP contribution in [0, 0.1) is 0 Å². The zero-order valence-electron chi connectivity index (χ0n) is 18.8. The third-order valence-electron chi connectivity index (χ3n) is 4.32. The van der Waals surface area contributed by atoms with Crippen molar-refractivity contribution in [3.63, 3.8) is 0 Å². The number of pyridine rings is 1. The van der Waals surface area contributed by atoms with E-state index in [2.05, 4.69) is 25.9 Å². The lowest BCUT2D eigenvalue weighted by Gasteiger charge is -2.14. The van der Waals surface area contributed by atoms with Crippen molar-refractivity contribution in [1.82, 2.24) is 15.6 Å². The molecular formula is C24H30IN5O3. The van der Waals surface area contributed by atoms with E-state index >= 15 is 0 Å². The van der Waals surface area contributed by atoms with Crippen molar-refractivity contribution in [3.05, 3.63) is 78.5 Å². The van der Waals surface area contributed by atoms with Crippen molar-refractivity contribution in [3.8, 4) is 5.75 Å². The van der Waals surface area contributed by atoms with E-state index in [0.29, 0.717) is 37.6 Å². The van der Waals surface area contributed by atoms with Crippen LogP contribution in [0.2, 0.25) is 0 Å². The molecule has 0 bridgehead atoms. The van der Waals surface area contributed by atoms with Crippen molar-refractivity contribution in [2.75, 3.05) is 25.0 Å². The molecule has 1 amide bonds. The molecule has 0 radical (unpaired) electrons. The van der Waals surface area contributed by atoms with Crippen LogP contribution < -0.4 is 20.7 Å². The van der Waals surface area contributed by atoms with Gasteiger partial charge >= 0.3 is 0 Å². The van der Waals surface area contributed by atoms with Crippen molar-refractivity contribution < 1.29 is 13.9 Å². The number of aliphatic imine (C=N–C) groups is 1. The molecule has 9 heteroatoms. The molecule has 2 aromatic heterocycles. The summed E-state index contributed by atoms with van der Waals surface area (Å²) < 4.78 is 11.1. The minimum absolute atomic E-state index is 0. The zero-order valence-corrected chi connectivity index (χ0v) is 21.1. The average molecular weight is 563 g/mol. The number of ether oxygens (including phenoxy) is 1. The third kappa shape index (κ3) is 9.52. The highest BCUT2D eigenvalue weighted by Crippen LogP contribution is 2.16. The Labute approximate surface area is 211 Å². The van der Waals surface area contributed by atoms with Gasteiger partial charge in [-0.2, -0.15) is 0 Å². The Morgan fingerprint density at radius 2 is 1.88 bits per heavy atom. The number of carbonyl (C=O) groups is 1. The molecular weight excluding hydrogens is 533 g/mol. The zero-order chi connectivity index (χ0) is 22.6. The molecule has 0 saturated heterocycles. The number of furan rings is 1. The van der Waals surface area contributed by atoms with E-state index in [1.807, 2.05) is 50.2 Å². The van der Waals surface area contributed by atoms with Gasteiger partial charge in [0.1, 0.15) is 11.5 Å². The van der Waals surface area contributed by atoms with Gasteiger partial charge in [-0.05, 0) is 62.4 Å². The molecule has 0 spiro atoms. The van der Waals surface area contributed by atoms with Crippen molar-refractivity contribution in [2.24, 2.45) is 4.99 Å². The van der Waals surface area contributed by atoms with Crippen LogP contribution in [0.4, 0.5) is 5.69 Å². The molecule has 0 fully saturated rings. The monoisotopic (exact) mass is 563 g/mol. The van der Waals surface area contributed by atoms with Gasteiger partial charge in [-0.25, -0.2) is 0 Å². The van der Waals surface area contributed by atoms with Gasteiger partial charge in [-0.3, -0.25) is 14.8 Å². The standard InChI is InChI=1S/C24H29N5O3.HI/c1-18(2)32-22-9-7-20(8-10-22)29-24(27-13-11-21-6-4-16-31-21)28-15-14-26-23(30)19-5-3-12-25-17-19;/h3-10,12,16-18H,11,13-15H2,1-2H3,(H,26,30)(H2,27,28,29);1H. The maximum absolute atomic E-state index is 12.1. The van der Waals surface area contributed by atoms with Crippen molar-refractivity contribution >= 4 is 41.5 Å². The number of amides is 1. The van der Waals surface area contributed by atoms with Gasteiger partial charge in [-0.1, -0.05) is 0 Å². The molecule has 0 aliphatic carbocycles. The Bertz CT molecular complexity index is 977. The van der Waals surface area contributed by atoms with Crippen molar-refractivity contribution in [2.45, 2.75) is 26.4 Å². The van der Waals surface area contributed by atoms with Crippen molar-refractivity contribution in [1.29, 1.82) is 0 Å². The summed E-state index contributed by atoms with van der Waals surface area (Å²) in [6.45, 7) is 5.49. The number of nitrogens with zero attached hydrogens (tertiary/aromatic N) is 2. The first-order valence-electron chi connectivity index (χ1n) is 10.6. The van der Waals surface area contributed by atoms with Crippen LogP contribution in [0.25, 0.3) is 0 Å². The number of carbonyl (C=O) groups excluding carboxylic acids is 1. The van der Waals surface area contributed by atoms with Crippen LogP contribution in [0.5, 0.6) is 5.75 Å². The lowest BCUT2D eigenvalue weighted by molar-refractivity contribution is 0.0954. The average Bonchev–Trinajstić information content (AvgIpc) is 3.31. The lowest BCUT2D eigenvalue weighted by atomic mass is 10.3. The smallest absolute Gasteiger partial charge is 0.252 e. The Balaban J connectivity index is 0.00000385. The van der Waals surface area contributed by atoms with E-state index in [-0.39, 0.29) is 36.0 Å². The van der Waals surface area contributed by atoms with Gasteiger partial charge < -0.3 is 25.1 Å². The fourth-order valence-corrected chi connectivity index (χ4v) is 2.85. The predicted octanol–water partition coefficient (Wildman–Crippen LogP) is 4.11. The summed E-state index contributed by atoms with van der Waals surface area (Å²) in [6, 6.07) is 15.0. The molecule has 8 nitrogen and oxygen atoms in total. The number of benzene rings is 1. The van der Waals surface area contributed by atoms with E-state index in [9.17, 15) is 4.79 Å². The van der Waals surface area contributed by atoms with Crippen LogP contribution >= 0.6 is 24.0 Å². The summed E-state index contributed by atoms with van der Waals surface area (Å²) >= 11 is 0. The SMILES string of the molecule is CC(C)Oc1ccc(NC(=NCCc2ccco2)NCCNC(=O)c2cccnc2)cc1.I. The highest BCUT2D eigenvalue weighted by atomic mass is 127. The molecule has 176 valence electrons. The van der Waals surface area contributed by atoms with E-state index in [1.165, 1.54) is 0 Å². The number of halogens is 1. The van der Waals surface area contributed by atoms with E-state index in [1.54, 1.807) is 30.8 Å². The largest absolute Gasteiger partial charge is 0.491 e. The second-order valence-electron chi connectivity index (χ2n) is 7.30. The molecule has 33 heavy (non-hydrogen) atoms. The molecule has 2 heterocycles. The van der Waals surface area contributed by atoms with E-state index in [0.717, 1.165) is 17.2 Å². The number of aromatic nitrogens is 1. The molecule has 3 rings (SSSR count). The number of rotatable bonds is 10. The van der Waals surface area contributed by atoms with E-state index in [4.69, 9.17) is 9.15 Å². The summed E-state index contributed by atoms with van der Waals surface area (Å²) in [4.78, 5) is 20.7. The number of nitrogens with one attached hydrogen (secondary N) is 3. The van der Waals surface area contributed by atoms with Gasteiger partial charge in [0.05, 0.1) is 17.9 Å². The summed E-state index contributed by atoms with van der Waals surface area (Å²) in [7, 11) is 0. The topological polar surface area (TPSA) is 101 Å². The summed E-state index contributed by atoms with van der Waals surface area (Å²) in [6.07, 6.45) is 5.65. The fraction of sp³-hybridized carbons (Fsp3) is 0.292. The fourth-order valence-electron chi connectivity index (χ4n) is 2.85. The number of guanidine groups is 1. The minimum Gasteiger partial charge on any atom is -0.491 e. The minimum atomic E-state index is -0.162. The number of anilines is 1. The maximum Gasteiger partial charge on any atom is 0.252 e. The molecule has 1 aromatic carbocycles. The molecule has 0 aliphatic rings. The van der Waals surface area contributed by atoms with Gasteiger partial charge in [0.2, 0.25) is 0 Å². The summed E-state index contributed by atoms with van der Waals surface area (Å²) in [5, 5.41) is 9.40. The third-order valence-corrected chi connectivity index (χ3v) is 4.32. The summed E-state index contributed by atoms with van der Waals surface area (Å²) in [5.41, 5.74) is 1.41. The Morgan fingerprint density at radius 1 is 1.09 bits per heavy atom. The predicted molar refractivity (Wildman–Crippen MR) is 141 cm³/mol. The molecule has 0 atom stereocenters. The van der Waals surface area contributed by atoms with Crippen LogP contribution in [0.3, 0.4) is 0 Å². The molecule has 3 N–H and O–H groups in total.